The number of benzene rings is 3. The van der Waals surface area contributed by atoms with Crippen molar-refractivity contribution in [2.75, 3.05) is 26.4 Å². The van der Waals surface area contributed by atoms with Crippen LogP contribution in [0.5, 0.6) is 11.5 Å². The molecule has 2 saturated heterocycles. The van der Waals surface area contributed by atoms with Gasteiger partial charge in [-0.15, -0.1) is 0 Å². The summed E-state index contributed by atoms with van der Waals surface area (Å²) in [4.78, 5) is 30.9. The molecule has 6 rings (SSSR count). The third kappa shape index (κ3) is 3.63. The first-order valence-corrected chi connectivity index (χ1v) is 12.1. The number of imide groups is 1. The van der Waals surface area contributed by atoms with E-state index in [-0.39, 0.29) is 24.6 Å². The van der Waals surface area contributed by atoms with Crippen molar-refractivity contribution in [3.8, 4) is 11.5 Å². The van der Waals surface area contributed by atoms with E-state index in [4.69, 9.17) is 9.47 Å². The fraction of sp³-hybridized carbons (Fsp3) is 0.286. The van der Waals surface area contributed by atoms with Gasteiger partial charge in [-0.05, 0) is 41.7 Å². The Kier molecular flexibility index (Phi) is 5.41. The van der Waals surface area contributed by atoms with Crippen LogP contribution in [0.25, 0.3) is 0 Å². The van der Waals surface area contributed by atoms with Crippen molar-refractivity contribution in [3.05, 3.63) is 95.6 Å². The average Bonchev–Trinajstić information content (AvgIpc) is 3.48. The summed E-state index contributed by atoms with van der Waals surface area (Å²) in [5.74, 6) is 1.25. The average molecular weight is 470 g/mol. The number of hydrogen-bond acceptors (Lipinski definition) is 5. The molecule has 3 amide bonds. The van der Waals surface area contributed by atoms with Gasteiger partial charge in [0.25, 0.3) is 5.91 Å². The third-order valence-electron chi connectivity index (χ3n) is 7.16. The number of nitrogens with zero attached hydrogens (tertiary/aromatic N) is 2. The molecule has 0 aromatic heterocycles. The predicted octanol–water partition coefficient (Wildman–Crippen LogP) is 4.05. The van der Waals surface area contributed by atoms with Crippen LogP contribution in [0.3, 0.4) is 0 Å². The van der Waals surface area contributed by atoms with E-state index in [1.807, 2.05) is 72.8 Å². The lowest BCUT2D eigenvalue weighted by atomic mass is 9.83. The molecule has 3 aliphatic rings. The smallest absolute Gasteiger partial charge is 0.326 e. The molecule has 35 heavy (non-hydrogen) atoms. The van der Waals surface area contributed by atoms with Crippen LogP contribution in [0, 0.1) is 0 Å². The minimum Gasteiger partial charge on any atom is -0.486 e. The van der Waals surface area contributed by atoms with Gasteiger partial charge in [0.15, 0.2) is 17.0 Å². The Bertz CT molecular complexity index is 1210. The molecule has 1 unspecified atom stereocenters. The number of likely N-dealkylation sites (tertiary alicyclic amines) is 1. The highest BCUT2D eigenvalue weighted by molar-refractivity contribution is 6.09. The van der Waals surface area contributed by atoms with E-state index in [2.05, 4.69) is 16.3 Å². The number of carbonyl (C=O) groups is 2. The second kappa shape index (κ2) is 8.74. The molecule has 7 nitrogen and oxygen atoms in total. The summed E-state index contributed by atoms with van der Waals surface area (Å²) < 4.78 is 11.4. The number of urea groups is 1. The first-order chi connectivity index (χ1) is 17.2. The molecule has 0 bridgehead atoms. The number of rotatable bonds is 5. The monoisotopic (exact) mass is 469 g/mol. The van der Waals surface area contributed by atoms with Crippen molar-refractivity contribution in [1.29, 1.82) is 0 Å². The second-order valence-electron chi connectivity index (χ2n) is 9.16. The van der Waals surface area contributed by atoms with Crippen molar-refractivity contribution < 1.29 is 19.1 Å². The quantitative estimate of drug-likeness (QED) is 0.571. The molecule has 3 aliphatic heterocycles. The van der Waals surface area contributed by atoms with Crippen LogP contribution in [0.1, 0.15) is 35.6 Å². The van der Waals surface area contributed by atoms with Gasteiger partial charge < -0.3 is 14.8 Å². The molecule has 3 heterocycles. The van der Waals surface area contributed by atoms with Crippen molar-refractivity contribution in [1.82, 2.24) is 15.1 Å². The summed E-state index contributed by atoms with van der Waals surface area (Å²) in [5, 5.41) is 3.04. The van der Waals surface area contributed by atoms with Gasteiger partial charge in [0.05, 0.1) is 6.67 Å². The molecule has 0 spiro atoms. The lowest BCUT2D eigenvalue weighted by molar-refractivity contribution is -0.131. The molecule has 1 N–H and O–H groups in total. The van der Waals surface area contributed by atoms with Crippen LogP contribution in [0.15, 0.2) is 78.9 Å². The molecule has 178 valence electrons. The van der Waals surface area contributed by atoms with Crippen LogP contribution in [0.4, 0.5) is 4.79 Å². The van der Waals surface area contributed by atoms with Crippen molar-refractivity contribution in [3.63, 3.8) is 0 Å². The highest BCUT2D eigenvalue weighted by Crippen LogP contribution is 2.40. The van der Waals surface area contributed by atoms with Gasteiger partial charge in [-0.3, -0.25) is 9.69 Å². The van der Waals surface area contributed by atoms with Gasteiger partial charge in [0.2, 0.25) is 0 Å². The summed E-state index contributed by atoms with van der Waals surface area (Å²) in [5.41, 5.74) is 1.36. The zero-order valence-corrected chi connectivity index (χ0v) is 19.4. The van der Waals surface area contributed by atoms with Gasteiger partial charge in [0.1, 0.15) is 13.2 Å². The SMILES string of the molecule is O=C1NC(c2ccccc2)(c2ccccc2)C(=O)N1CN1CCCC1c1ccc2c(c1)OCCO2. The lowest BCUT2D eigenvalue weighted by Gasteiger charge is -2.31. The maximum atomic E-state index is 14.0. The first-order valence-electron chi connectivity index (χ1n) is 12.1. The number of nitrogens with one attached hydrogen (secondary N) is 1. The van der Waals surface area contributed by atoms with E-state index < -0.39 is 5.54 Å². The largest absolute Gasteiger partial charge is 0.486 e. The molecule has 3 aromatic rings. The Labute approximate surface area is 204 Å². The van der Waals surface area contributed by atoms with Crippen LogP contribution in [-0.2, 0) is 10.3 Å². The maximum Gasteiger partial charge on any atom is 0.326 e. The number of ether oxygens (including phenoxy) is 2. The zero-order valence-electron chi connectivity index (χ0n) is 19.4. The van der Waals surface area contributed by atoms with E-state index >= 15 is 0 Å². The van der Waals surface area contributed by atoms with Crippen molar-refractivity contribution >= 4 is 11.9 Å². The van der Waals surface area contributed by atoms with Gasteiger partial charge in [-0.1, -0.05) is 66.7 Å². The molecule has 7 heteroatoms. The van der Waals surface area contributed by atoms with E-state index in [0.717, 1.165) is 47.6 Å². The van der Waals surface area contributed by atoms with Gasteiger partial charge in [-0.25, -0.2) is 9.69 Å². The van der Waals surface area contributed by atoms with Crippen molar-refractivity contribution in [2.24, 2.45) is 0 Å². The van der Waals surface area contributed by atoms with Gasteiger partial charge in [0, 0.05) is 12.6 Å². The first kappa shape index (κ1) is 21.7. The number of carbonyl (C=O) groups excluding carboxylic acids is 2. The summed E-state index contributed by atoms with van der Waals surface area (Å²) in [6.45, 7) is 2.12. The van der Waals surface area contributed by atoms with Crippen LogP contribution in [-0.4, -0.2) is 48.2 Å². The maximum absolute atomic E-state index is 14.0. The Morgan fingerprint density at radius 2 is 1.51 bits per heavy atom. The normalized spacial score (nSPS) is 21.3. The third-order valence-corrected chi connectivity index (χ3v) is 7.16. The summed E-state index contributed by atoms with van der Waals surface area (Å²) in [6.07, 6.45) is 1.94. The fourth-order valence-corrected chi connectivity index (χ4v) is 5.46. The second-order valence-corrected chi connectivity index (χ2v) is 9.16. The molecule has 0 aliphatic carbocycles. The minimum atomic E-state index is -1.24. The van der Waals surface area contributed by atoms with Crippen molar-refractivity contribution in [2.45, 2.75) is 24.4 Å². The molecule has 2 fully saturated rings. The molecule has 0 radical (unpaired) electrons. The number of hydrogen-bond donors (Lipinski definition) is 1. The topological polar surface area (TPSA) is 71.1 Å². The zero-order chi connectivity index (χ0) is 23.8. The Morgan fingerprint density at radius 3 is 2.20 bits per heavy atom. The van der Waals surface area contributed by atoms with E-state index in [1.165, 1.54) is 4.90 Å². The molecular formula is C28H27N3O4. The lowest BCUT2D eigenvalue weighted by Crippen LogP contribution is -2.46. The van der Waals surface area contributed by atoms with E-state index in [0.29, 0.717) is 13.2 Å². The standard InChI is InChI=1S/C28H27N3O4/c32-26-28(21-8-3-1-4-9-21,22-10-5-2-6-11-22)29-27(33)31(26)19-30-15-7-12-23(30)20-13-14-24-25(18-20)35-17-16-34-24/h1-6,8-11,13-14,18,23H,7,12,15-17,19H2,(H,29,33). The number of fused-ring (bicyclic) bond motifs is 1. The molecule has 1 atom stereocenters. The van der Waals surface area contributed by atoms with E-state index in [1.54, 1.807) is 0 Å². The summed E-state index contributed by atoms with van der Waals surface area (Å²) in [6, 6.07) is 24.7. The van der Waals surface area contributed by atoms with Crippen LogP contribution >= 0.6 is 0 Å². The highest BCUT2D eigenvalue weighted by Gasteiger charge is 2.54. The Hall–Kier alpha value is -3.84. The predicted molar refractivity (Wildman–Crippen MR) is 130 cm³/mol. The molecule has 0 saturated carbocycles. The van der Waals surface area contributed by atoms with Crippen LogP contribution < -0.4 is 14.8 Å². The summed E-state index contributed by atoms with van der Waals surface area (Å²) >= 11 is 0. The Morgan fingerprint density at radius 1 is 0.857 bits per heavy atom. The summed E-state index contributed by atoms with van der Waals surface area (Å²) in [7, 11) is 0. The molecule has 3 aromatic carbocycles. The van der Waals surface area contributed by atoms with E-state index in [9.17, 15) is 9.59 Å². The molecular weight excluding hydrogens is 442 g/mol. The Balaban J connectivity index is 1.31. The van der Waals surface area contributed by atoms with Gasteiger partial charge in [-0.2, -0.15) is 0 Å². The number of amides is 3. The fourth-order valence-electron chi connectivity index (χ4n) is 5.46. The highest BCUT2D eigenvalue weighted by atomic mass is 16.6. The minimum absolute atomic E-state index is 0.0925. The van der Waals surface area contributed by atoms with Gasteiger partial charge >= 0.3 is 6.03 Å². The van der Waals surface area contributed by atoms with Crippen LogP contribution in [0.2, 0.25) is 0 Å².